The second-order valence-electron chi connectivity index (χ2n) is 4.63. The van der Waals surface area contributed by atoms with Gasteiger partial charge in [-0.25, -0.2) is 4.98 Å². The molecule has 3 rings (SSSR count). The van der Waals surface area contributed by atoms with Crippen molar-refractivity contribution in [2.45, 2.75) is 25.8 Å². The van der Waals surface area contributed by atoms with Gasteiger partial charge in [-0.2, -0.15) is 5.10 Å². The van der Waals surface area contributed by atoms with E-state index in [1.807, 2.05) is 10.7 Å². The average molecular weight is 257 g/mol. The summed E-state index contributed by atoms with van der Waals surface area (Å²) in [5.41, 5.74) is 7.68. The first-order chi connectivity index (χ1) is 9.22. The Hall–Kier alpha value is -2.37. The number of nitrogens with zero attached hydrogens (tertiary/aromatic N) is 3. The third-order valence-electron chi connectivity index (χ3n) is 3.18. The largest absolute Gasteiger partial charge is 0.397 e. The lowest BCUT2D eigenvalue weighted by molar-refractivity contribution is 0.102. The van der Waals surface area contributed by atoms with Crippen molar-refractivity contribution >= 4 is 17.4 Å². The fraction of sp³-hybridized carbons (Fsp3) is 0.308. The minimum Gasteiger partial charge on any atom is -0.397 e. The summed E-state index contributed by atoms with van der Waals surface area (Å²) in [6.45, 7) is 0.892. The molecular formula is C13H15N5O. The van der Waals surface area contributed by atoms with Gasteiger partial charge in [0.1, 0.15) is 5.82 Å². The SMILES string of the molecule is Nc1ccc(NC(=O)c2cc3n(n2)CCCC3)nc1. The van der Waals surface area contributed by atoms with E-state index in [-0.39, 0.29) is 5.91 Å². The second kappa shape index (κ2) is 4.72. The molecule has 0 bridgehead atoms. The molecule has 2 aromatic heterocycles. The number of aryl methyl sites for hydroxylation is 2. The standard InChI is InChI=1S/C13H15N5O/c14-9-4-5-12(15-8-9)16-13(19)11-7-10-3-1-2-6-18(10)17-11/h4-5,7-8H,1-3,6,14H2,(H,15,16,19). The number of pyridine rings is 1. The van der Waals surface area contributed by atoms with Crippen LogP contribution in [-0.2, 0) is 13.0 Å². The van der Waals surface area contributed by atoms with Crippen molar-refractivity contribution < 1.29 is 4.79 Å². The van der Waals surface area contributed by atoms with Crippen LogP contribution in [0, 0.1) is 0 Å². The molecule has 0 spiro atoms. The van der Waals surface area contributed by atoms with Gasteiger partial charge in [-0.15, -0.1) is 0 Å². The molecule has 3 N–H and O–H groups in total. The molecule has 0 fully saturated rings. The highest BCUT2D eigenvalue weighted by atomic mass is 16.2. The summed E-state index contributed by atoms with van der Waals surface area (Å²) < 4.78 is 1.91. The predicted molar refractivity (Wildman–Crippen MR) is 71.8 cm³/mol. The van der Waals surface area contributed by atoms with Gasteiger partial charge in [0, 0.05) is 12.2 Å². The van der Waals surface area contributed by atoms with Crippen LogP contribution in [0.1, 0.15) is 29.0 Å². The number of amides is 1. The Morgan fingerprint density at radius 3 is 3.00 bits per heavy atom. The lowest BCUT2D eigenvalue weighted by Crippen LogP contribution is -2.15. The Balaban J connectivity index is 1.76. The van der Waals surface area contributed by atoms with Gasteiger partial charge in [0.05, 0.1) is 11.9 Å². The van der Waals surface area contributed by atoms with Gasteiger partial charge < -0.3 is 11.1 Å². The van der Waals surface area contributed by atoms with Crippen LogP contribution in [0.5, 0.6) is 0 Å². The first-order valence-corrected chi connectivity index (χ1v) is 6.32. The lowest BCUT2D eigenvalue weighted by Gasteiger charge is -2.11. The molecule has 98 valence electrons. The number of rotatable bonds is 2. The quantitative estimate of drug-likeness (QED) is 0.852. The Bertz CT molecular complexity index is 578. The minimum absolute atomic E-state index is 0.237. The molecule has 0 atom stereocenters. The maximum atomic E-state index is 12.1. The highest BCUT2D eigenvalue weighted by molar-refractivity contribution is 6.02. The third kappa shape index (κ3) is 2.42. The molecule has 3 heterocycles. The highest BCUT2D eigenvalue weighted by Gasteiger charge is 2.16. The number of nitrogens with one attached hydrogen (secondary N) is 1. The highest BCUT2D eigenvalue weighted by Crippen LogP contribution is 2.16. The Morgan fingerprint density at radius 1 is 1.37 bits per heavy atom. The summed E-state index contributed by atoms with van der Waals surface area (Å²) in [6, 6.07) is 5.22. The number of nitrogens with two attached hydrogens (primary N) is 1. The number of aromatic nitrogens is 3. The maximum Gasteiger partial charge on any atom is 0.277 e. The summed E-state index contributed by atoms with van der Waals surface area (Å²) in [4.78, 5) is 16.1. The van der Waals surface area contributed by atoms with Crippen LogP contribution in [0.15, 0.2) is 24.4 Å². The van der Waals surface area contributed by atoms with Gasteiger partial charge in [0.25, 0.3) is 5.91 Å². The smallest absolute Gasteiger partial charge is 0.277 e. The normalized spacial score (nSPS) is 13.9. The molecule has 1 aliphatic rings. The number of nitrogen functional groups attached to an aromatic ring is 1. The Kier molecular flexibility index (Phi) is 2.91. The molecule has 6 heteroatoms. The topological polar surface area (TPSA) is 85.8 Å². The predicted octanol–water partition coefficient (Wildman–Crippen LogP) is 1.45. The van der Waals surface area contributed by atoms with E-state index < -0.39 is 0 Å². The van der Waals surface area contributed by atoms with Crippen molar-refractivity contribution in [1.29, 1.82) is 0 Å². The summed E-state index contributed by atoms with van der Waals surface area (Å²) in [6.07, 6.45) is 4.77. The van der Waals surface area contributed by atoms with Crippen molar-refractivity contribution in [3.63, 3.8) is 0 Å². The molecule has 0 unspecified atom stereocenters. The summed E-state index contributed by atoms with van der Waals surface area (Å²) in [5, 5.41) is 7.03. The first kappa shape index (κ1) is 11.7. The van der Waals surface area contributed by atoms with Crippen molar-refractivity contribution in [2.24, 2.45) is 0 Å². The zero-order valence-electron chi connectivity index (χ0n) is 10.5. The van der Waals surface area contributed by atoms with Gasteiger partial charge in [0.15, 0.2) is 5.69 Å². The van der Waals surface area contributed by atoms with E-state index >= 15 is 0 Å². The Labute approximate surface area is 110 Å². The van der Waals surface area contributed by atoms with E-state index in [0.29, 0.717) is 17.2 Å². The molecule has 19 heavy (non-hydrogen) atoms. The zero-order valence-corrected chi connectivity index (χ0v) is 10.5. The van der Waals surface area contributed by atoms with Gasteiger partial charge in [0.2, 0.25) is 0 Å². The number of fused-ring (bicyclic) bond motifs is 1. The zero-order chi connectivity index (χ0) is 13.2. The van der Waals surface area contributed by atoms with E-state index in [2.05, 4.69) is 15.4 Å². The van der Waals surface area contributed by atoms with Crippen molar-refractivity contribution in [3.05, 3.63) is 35.8 Å². The van der Waals surface area contributed by atoms with Gasteiger partial charge in [-0.1, -0.05) is 0 Å². The van der Waals surface area contributed by atoms with Crippen LogP contribution >= 0.6 is 0 Å². The molecule has 2 aromatic rings. The number of carbonyl (C=O) groups excluding carboxylic acids is 1. The Morgan fingerprint density at radius 2 is 2.26 bits per heavy atom. The lowest BCUT2D eigenvalue weighted by atomic mass is 10.1. The van der Waals surface area contributed by atoms with Crippen LogP contribution in [0.25, 0.3) is 0 Å². The van der Waals surface area contributed by atoms with Crippen LogP contribution in [0.2, 0.25) is 0 Å². The second-order valence-corrected chi connectivity index (χ2v) is 4.63. The molecule has 0 saturated carbocycles. The molecular weight excluding hydrogens is 242 g/mol. The minimum atomic E-state index is -0.237. The number of anilines is 2. The molecule has 6 nitrogen and oxygen atoms in total. The fourth-order valence-electron chi connectivity index (χ4n) is 2.19. The molecule has 0 aliphatic carbocycles. The van der Waals surface area contributed by atoms with Crippen LogP contribution in [0.4, 0.5) is 11.5 Å². The van der Waals surface area contributed by atoms with Gasteiger partial charge >= 0.3 is 0 Å². The van der Waals surface area contributed by atoms with E-state index in [0.717, 1.165) is 31.5 Å². The van der Waals surface area contributed by atoms with Crippen molar-refractivity contribution in [1.82, 2.24) is 14.8 Å². The van der Waals surface area contributed by atoms with Gasteiger partial charge in [-0.05, 0) is 37.5 Å². The van der Waals surface area contributed by atoms with E-state index in [1.54, 1.807) is 12.1 Å². The van der Waals surface area contributed by atoms with Crippen molar-refractivity contribution in [3.8, 4) is 0 Å². The third-order valence-corrected chi connectivity index (χ3v) is 3.18. The summed E-state index contributed by atoms with van der Waals surface area (Å²) in [5.74, 6) is 0.240. The fourth-order valence-corrected chi connectivity index (χ4v) is 2.19. The van der Waals surface area contributed by atoms with Crippen molar-refractivity contribution in [2.75, 3.05) is 11.1 Å². The first-order valence-electron chi connectivity index (χ1n) is 6.32. The average Bonchev–Trinajstić information content (AvgIpc) is 2.85. The molecule has 0 aromatic carbocycles. The molecule has 0 saturated heterocycles. The monoisotopic (exact) mass is 257 g/mol. The molecule has 1 aliphatic heterocycles. The maximum absolute atomic E-state index is 12.1. The summed E-state index contributed by atoms with van der Waals surface area (Å²) in [7, 11) is 0. The molecule has 0 radical (unpaired) electrons. The van der Waals surface area contributed by atoms with Crippen LogP contribution < -0.4 is 11.1 Å². The summed E-state index contributed by atoms with van der Waals surface area (Å²) >= 11 is 0. The molecule has 1 amide bonds. The van der Waals surface area contributed by atoms with E-state index in [9.17, 15) is 4.79 Å². The number of hydrogen-bond donors (Lipinski definition) is 2. The van der Waals surface area contributed by atoms with Crippen LogP contribution in [0.3, 0.4) is 0 Å². The number of carbonyl (C=O) groups is 1. The van der Waals surface area contributed by atoms with Gasteiger partial charge in [-0.3, -0.25) is 9.48 Å². The number of hydrogen-bond acceptors (Lipinski definition) is 4. The van der Waals surface area contributed by atoms with E-state index in [1.165, 1.54) is 6.20 Å². The van der Waals surface area contributed by atoms with E-state index in [4.69, 9.17) is 5.73 Å². The van der Waals surface area contributed by atoms with Crippen LogP contribution in [-0.4, -0.2) is 20.7 Å².